The molecular formula is C17H23N3O2. The summed E-state index contributed by atoms with van der Waals surface area (Å²) in [6.45, 7) is 6.52. The van der Waals surface area contributed by atoms with Crippen LogP contribution in [-0.2, 0) is 4.79 Å². The highest BCUT2D eigenvalue weighted by Crippen LogP contribution is 2.11. The van der Waals surface area contributed by atoms with Gasteiger partial charge < -0.3 is 4.74 Å². The Morgan fingerprint density at radius 3 is 2.68 bits per heavy atom. The Kier molecular flexibility index (Phi) is 6.64. The molecule has 0 saturated carbocycles. The SMILES string of the molecule is C=CCOc1ccc(/C=N\NC(=O)CN2CCCCC2)cc1. The number of carbonyl (C=O) groups is 1. The topological polar surface area (TPSA) is 53.9 Å². The number of hydrazone groups is 1. The van der Waals surface area contributed by atoms with Crippen LogP contribution in [0.25, 0.3) is 0 Å². The van der Waals surface area contributed by atoms with E-state index in [1.54, 1.807) is 12.3 Å². The van der Waals surface area contributed by atoms with Crippen molar-refractivity contribution in [2.75, 3.05) is 26.2 Å². The summed E-state index contributed by atoms with van der Waals surface area (Å²) < 4.78 is 5.40. The van der Waals surface area contributed by atoms with Gasteiger partial charge in [0.05, 0.1) is 12.8 Å². The predicted molar refractivity (Wildman–Crippen MR) is 88.2 cm³/mol. The summed E-state index contributed by atoms with van der Waals surface area (Å²) in [6, 6.07) is 7.50. The molecule has 1 saturated heterocycles. The molecule has 0 unspecified atom stereocenters. The van der Waals surface area contributed by atoms with Crippen molar-refractivity contribution < 1.29 is 9.53 Å². The second kappa shape index (κ2) is 9.00. The van der Waals surface area contributed by atoms with Crippen LogP contribution in [0.15, 0.2) is 42.0 Å². The summed E-state index contributed by atoms with van der Waals surface area (Å²) in [4.78, 5) is 13.9. The van der Waals surface area contributed by atoms with Crippen molar-refractivity contribution in [2.45, 2.75) is 19.3 Å². The Morgan fingerprint density at radius 1 is 1.27 bits per heavy atom. The summed E-state index contributed by atoms with van der Waals surface area (Å²) in [7, 11) is 0. The summed E-state index contributed by atoms with van der Waals surface area (Å²) >= 11 is 0. The first-order chi connectivity index (χ1) is 10.8. The van der Waals surface area contributed by atoms with Crippen molar-refractivity contribution in [3.8, 4) is 5.75 Å². The highest BCUT2D eigenvalue weighted by atomic mass is 16.5. The van der Waals surface area contributed by atoms with Gasteiger partial charge in [-0.1, -0.05) is 19.1 Å². The molecule has 0 atom stereocenters. The van der Waals surface area contributed by atoms with E-state index in [1.165, 1.54) is 19.3 Å². The van der Waals surface area contributed by atoms with Gasteiger partial charge in [0.25, 0.3) is 5.91 Å². The van der Waals surface area contributed by atoms with Crippen molar-refractivity contribution in [1.82, 2.24) is 10.3 Å². The van der Waals surface area contributed by atoms with Gasteiger partial charge >= 0.3 is 0 Å². The number of hydrogen-bond acceptors (Lipinski definition) is 4. The molecule has 1 N–H and O–H groups in total. The molecule has 5 heteroatoms. The van der Waals surface area contributed by atoms with Crippen LogP contribution in [0.1, 0.15) is 24.8 Å². The molecule has 1 fully saturated rings. The Labute approximate surface area is 131 Å². The van der Waals surface area contributed by atoms with Crippen molar-refractivity contribution in [1.29, 1.82) is 0 Å². The quantitative estimate of drug-likeness (QED) is 0.477. The highest BCUT2D eigenvalue weighted by Gasteiger charge is 2.12. The standard InChI is InChI=1S/C17H23N3O2/c1-2-12-22-16-8-6-15(7-9-16)13-18-19-17(21)14-20-10-4-3-5-11-20/h2,6-9,13H,1,3-5,10-12,14H2,(H,19,21)/b18-13-. The maximum absolute atomic E-state index is 11.8. The van der Waals surface area contributed by atoms with Crippen molar-refractivity contribution in [3.63, 3.8) is 0 Å². The molecule has 118 valence electrons. The van der Waals surface area contributed by atoms with Gasteiger partial charge in [-0.2, -0.15) is 5.10 Å². The molecule has 1 aliphatic rings. The highest BCUT2D eigenvalue weighted by molar-refractivity contribution is 5.83. The molecule has 0 radical (unpaired) electrons. The molecular weight excluding hydrogens is 278 g/mol. The van der Waals surface area contributed by atoms with Gasteiger partial charge in [0.1, 0.15) is 12.4 Å². The molecule has 1 amide bonds. The third-order valence-electron chi connectivity index (χ3n) is 3.47. The fourth-order valence-corrected chi connectivity index (χ4v) is 2.34. The molecule has 1 aliphatic heterocycles. The zero-order valence-corrected chi connectivity index (χ0v) is 12.8. The minimum absolute atomic E-state index is 0.0657. The molecule has 1 heterocycles. The lowest BCUT2D eigenvalue weighted by atomic mass is 10.1. The molecule has 0 bridgehead atoms. The summed E-state index contributed by atoms with van der Waals surface area (Å²) in [6.07, 6.45) is 6.95. The zero-order valence-electron chi connectivity index (χ0n) is 12.8. The Bertz CT molecular complexity index is 505. The number of ether oxygens (including phenoxy) is 1. The Hall–Kier alpha value is -2.14. The van der Waals surface area contributed by atoms with E-state index in [4.69, 9.17) is 4.74 Å². The number of nitrogens with one attached hydrogen (secondary N) is 1. The van der Waals surface area contributed by atoms with Crippen LogP contribution in [-0.4, -0.2) is 43.3 Å². The first-order valence-corrected chi connectivity index (χ1v) is 7.66. The van der Waals surface area contributed by atoms with Crippen LogP contribution in [0.2, 0.25) is 0 Å². The van der Waals surface area contributed by atoms with Crippen LogP contribution in [0, 0.1) is 0 Å². The minimum Gasteiger partial charge on any atom is -0.490 e. The Morgan fingerprint density at radius 2 is 2.00 bits per heavy atom. The van der Waals surface area contributed by atoms with Gasteiger partial charge in [0.2, 0.25) is 0 Å². The van der Waals surface area contributed by atoms with E-state index in [1.807, 2.05) is 24.3 Å². The number of amides is 1. The van der Waals surface area contributed by atoms with Crippen LogP contribution >= 0.6 is 0 Å². The smallest absolute Gasteiger partial charge is 0.254 e. The van der Waals surface area contributed by atoms with E-state index >= 15 is 0 Å². The lowest BCUT2D eigenvalue weighted by molar-refractivity contribution is -0.122. The minimum atomic E-state index is -0.0657. The number of nitrogens with zero attached hydrogens (tertiary/aromatic N) is 2. The molecule has 0 aliphatic carbocycles. The normalized spacial score (nSPS) is 15.6. The average Bonchev–Trinajstić information content (AvgIpc) is 2.55. The van der Waals surface area contributed by atoms with Crippen LogP contribution in [0.3, 0.4) is 0 Å². The monoisotopic (exact) mass is 301 g/mol. The molecule has 0 aromatic heterocycles. The number of benzene rings is 1. The van der Waals surface area contributed by atoms with Crippen molar-refractivity contribution in [2.24, 2.45) is 5.10 Å². The van der Waals surface area contributed by atoms with Gasteiger partial charge in [-0.25, -0.2) is 5.43 Å². The van der Waals surface area contributed by atoms with Crippen molar-refractivity contribution in [3.05, 3.63) is 42.5 Å². The van der Waals surface area contributed by atoms with Gasteiger partial charge in [-0.05, 0) is 55.8 Å². The average molecular weight is 301 g/mol. The number of rotatable bonds is 7. The van der Waals surface area contributed by atoms with E-state index in [0.29, 0.717) is 13.2 Å². The fourth-order valence-electron chi connectivity index (χ4n) is 2.34. The van der Waals surface area contributed by atoms with E-state index < -0.39 is 0 Å². The maximum Gasteiger partial charge on any atom is 0.254 e. The number of piperidine rings is 1. The zero-order chi connectivity index (χ0) is 15.6. The van der Waals surface area contributed by atoms with E-state index in [2.05, 4.69) is 22.0 Å². The second-order valence-electron chi connectivity index (χ2n) is 5.30. The molecule has 1 aromatic rings. The molecule has 0 spiro atoms. The third kappa shape index (κ3) is 5.69. The molecule has 5 nitrogen and oxygen atoms in total. The van der Waals surface area contributed by atoms with Gasteiger partial charge in [-0.3, -0.25) is 9.69 Å². The van der Waals surface area contributed by atoms with E-state index in [9.17, 15) is 4.79 Å². The number of carbonyl (C=O) groups excluding carboxylic acids is 1. The van der Waals surface area contributed by atoms with Crippen LogP contribution in [0.5, 0.6) is 5.75 Å². The van der Waals surface area contributed by atoms with Crippen LogP contribution in [0.4, 0.5) is 0 Å². The predicted octanol–water partition coefficient (Wildman–Crippen LogP) is 2.19. The molecule has 1 aromatic carbocycles. The van der Waals surface area contributed by atoms with E-state index in [-0.39, 0.29) is 5.91 Å². The molecule has 22 heavy (non-hydrogen) atoms. The largest absolute Gasteiger partial charge is 0.490 e. The Balaban J connectivity index is 1.74. The van der Waals surface area contributed by atoms with E-state index in [0.717, 1.165) is 24.4 Å². The lowest BCUT2D eigenvalue weighted by Crippen LogP contribution is -2.38. The van der Waals surface area contributed by atoms with Gasteiger partial charge in [0.15, 0.2) is 0 Å². The first-order valence-electron chi connectivity index (χ1n) is 7.66. The lowest BCUT2D eigenvalue weighted by Gasteiger charge is -2.25. The summed E-state index contributed by atoms with van der Waals surface area (Å²) in [5.41, 5.74) is 3.48. The third-order valence-corrected chi connectivity index (χ3v) is 3.47. The van der Waals surface area contributed by atoms with Crippen molar-refractivity contribution >= 4 is 12.1 Å². The summed E-state index contributed by atoms with van der Waals surface area (Å²) in [5, 5.41) is 3.99. The fraction of sp³-hybridized carbons (Fsp3) is 0.412. The van der Waals surface area contributed by atoms with Gasteiger partial charge in [0, 0.05) is 0 Å². The summed E-state index contributed by atoms with van der Waals surface area (Å²) in [5.74, 6) is 0.718. The van der Waals surface area contributed by atoms with Gasteiger partial charge in [-0.15, -0.1) is 0 Å². The second-order valence-corrected chi connectivity index (χ2v) is 5.30. The first kappa shape index (κ1) is 16.2. The number of hydrogen-bond donors (Lipinski definition) is 1. The molecule has 2 rings (SSSR count). The number of likely N-dealkylation sites (tertiary alicyclic amines) is 1. The van der Waals surface area contributed by atoms with Crippen LogP contribution < -0.4 is 10.2 Å². The maximum atomic E-state index is 11.8.